The lowest BCUT2D eigenvalue weighted by atomic mass is 10.4. The van der Waals surface area contributed by atoms with Crippen LogP contribution < -0.4 is 5.73 Å². The molecule has 66 valence electrons. The second-order valence-electron chi connectivity index (χ2n) is 2.40. The molecule has 4 nitrogen and oxygen atoms in total. The Morgan fingerprint density at radius 2 is 2.23 bits per heavy atom. The van der Waals surface area contributed by atoms with E-state index in [1.165, 1.54) is 0 Å². The van der Waals surface area contributed by atoms with Gasteiger partial charge in [0, 0.05) is 6.20 Å². The number of furan rings is 1. The van der Waals surface area contributed by atoms with Crippen LogP contribution >= 0.6 is 15.9 Å². The molecule has 0 aliphatic heterocycles. The lowest BCUT2D eigenvalue weighted by molar-refractivity contribution is 0.576. The molecule has 2 aromatic rings. The largest absolute Gasteiger partial charge is 0.460 e. The van der Waals surface area contributed by atoms with E-state index in [0.29, 0.717) is 17.4 Å². The predicted molar refractivity (Wildman–Crippen MR) is 51.8 cm³/mol. The van der Waals surface area contributed by atoms with Crippen LogP contribution in [0.1, 0.15) is 0 Å². The zero-order chi connectivity index (χ0) is 9.26. The van der Waals surface area contributed by atoms with E-state index in [1.54, 1.807) is 24.6 Å². The summed E-state index contributed by atoms with van der Waals surface area (Å²) in [6.07, 6.45) is 3.15. The zero-order valence-electron chi connectivity index (χ0n) is 6.57. The Hall–Kier alpha value is -1.36. The Morgan fingerprint density at radius 1 is 1.38 bits per heavy atom. The molecule has 0 fully saturated rings. The van der Waals surface area contributed by atoms with E-state index in [0.717, 1.165) is 4.47 Å². The minimum Gasteiger partial charge on any atom is -0.460 e. The van der Waals surface area contributed by atoms with Gasteiger partial charge in [-0.15, -0.1) is 0 Å². The van der Waals surface area contributed by atoms with Crippen LogP contribution in [-0.2, 0) is 0 Å². The van der Waals surface area contributed by atoms with Gasteiger partial charge < -0.3 is 10.2 Å². The first-order valence-corrected chi connectivity index (χ1v) is 4.38. The van der Waals surface area contributed by atoms with Gasteiger partial charge in [-0.25, -0.2) is 9.97 Å². The van der Waals surface area contributed by atoms with Crippen molar-refractivity contribution in [3.05, 3.63) is 29.1 Å². The summed E-state index contributed by atoms with van der Waals surface area (Å²) in [6, 6.07) is 3.40. The van der Waals surface area contributed by atoms with E-state index in [9.17, 15) is 0 Å². The summed E-state index contributed by atoms with van der Waals surface area (Å²) in [7, 11) is 0. The fourth-order valence-corrected chi connectivity index (χ4v) is 1.31. The first kappa shape index (κ1) is 8.25. The van der Waals surface area contributed by atoms with Crippen molar-refractivity contribution in [2.75, 3.05) is 5.73 Å². The van der Waals surface area contributed by atoms with E-state index in [2.05, 4.69) is 25.9 Å². The second kappa shape index (κ2) is 3.18. The van der Waals surface area contributed by atoms with Gasteiger partial charge in [0.2, 0.25) is 0 Å². The summed E-state index contributed by atoms with van der Waals surface area (Å²) in [5.41, 5.74) is 5.51. The highest BCUT2D eigenvalue weighted by Crippen LogP contribution is 2.26. The van der Waals surface area contributed by atoms with Crippen LogP contribution in [0.4, 0.5) is 5.82 Å². The standard InChI is InChI=1S/C8H6BrN3O/c9-5-2-4-13-7(5)8-11-3-1-6(10)12-8/h1-4H,(H2,10,11,12). The molecule has 13 heavy (non-hydrogen) atoms. The molecule has 2 N–H and O–H groups in total. The van der Waals surface area contributed by atoms with E-state index in [4.69, 9.17) is 10.2 Å². The monoisotopic (exact) mass is 239 g/mol. The van der Waals surface area contributed by atoms with E-state index in [1.807, 2.05) is 0 Å². The molecule has 0 saturated heterocycles. The van der Waals surface area contributed by atoms with Crippen molar-refractivity contribution in [3.8, 4) is 11.6 Å². The van der Waals surface area contributed by atoms with Crippen LogP contribution in [0.5, 0.6) is 0 Å². The highest BCUT2D eigenvalue weighted by atomic mass is 79.9. The van der Waals surface area contributed by atoms with Crippen LogP contribution in [0.15, 0.2) is 33.5 Å². The topological polar surface area (TPSA) is 64.9 Å². The Morgan fingerprint density at radius 3 is 2.85 bits per heavy atom. The Balaban J connectivity index is 2.53. The number of halogens is 1. The fraction of sp³-hybridized carbons (Fsp3) is 0. The average molecular weight is 240 g/mol. The summed E-state index contributed by atoms with van der Waals surface area (Å²) >= 11 is 3.31. The number of nitrogens with two attached hydrogens (primary N) is 1. The number of rotatable bonds is 1. The Bertz CT molecular complexity index is 427. The van der Waals surface area contributed by atoms with Gasteiger partial charge in [0.25, 0.3) is 0 Å². The van der Waals surface area contributed by atoms with Crippen molar-refractivity contribution in [2.24, 2.45) is 0 Å². The molecule has 0 atom stereocenters. The van der Waals surface area contributed by atoms with Crippen molar-refractivity contribution in [2.45, 2.75) is 0 Å². The molecule has 0 unspecified atom stereocenters. The third kappa shape index (κ3) is 1.55. The predicted octanol–water partition coefficient (Wildman–Crippen LogP) is 2.08. The summed E-state index contributed by atoms with van der Waals surface area (Å²) in [5, 5.41) is 0. The summed E-state index contributed by atoms with van der Waals surface area (Å²) in [4.78, 5) is 8.05. The Kier molecular flexibility index (Phi) is 2.02. The minimum absolute atomic E-state index is 0.424. The molecule has 2 heterocycles. The molecule has 0 radical (unpaired) electrons. The molecule has 0 spiro atoms. The van der Waals surface area contributed by atoms with Crippen molar-refractivity contribution in [1.82, 2.24) is 9.97 Å². The molecular formula is C8H6BrN3O. The van der Waals surface area contributed by atoms with Crippen LogP contribution in [-0.4, -0.2) is 9.97 Å². The molecule has 2 aromatic heterocycles. The average Bonchev–Trinajstić information content (AvgIpc) is 2.51. The van der Waals surface area contributed by atoms with Crippen molar-refractivity contribution in [3.63, 3.8) is 0 Å². The van der Waals surface area contributed by atoms with Gasteiger partial charge >= 0.3 is 0 Å². The van der Waals surface area contributed by atoms with Crippen molar-refractivity contribution < 1.29 is 4.42 Å². The van der Waals surface area contributed by atoms with E-state index >= 15 is 0 Å². The first-order chi connectivity index (χ1) is 6.27. The molecule has 0 amide bonds. The van der Waals surface area contributed by atoms with Crippen molar-refractivity contribution >= 4 is 21.7 Å². The molecular weight excluding hydrogens is 234 g/mol. The quantitative estimate of drug-likeness (QED) is 0.828. The third-order valence-electron chi connectivity index (χ3n) is 1.50. The van der Waals surface area contributed by atoms with E-state index in [-0.39, 0.29) is 0 Å². The van der Waals surface area contributed by atoms with Crippen LogP contribution in [0, 0.1) is 0 Å². The SMILES string of the molecule is Nc1ccnc(-c2occc2Br)n1. The normalized spacial score (nSPS) is 10.2. The maximum Gasteiger partial charge on any atom is 0.198 e. The van der Waals surface area contributed by atoms with Gasteiger partial charge in [0.05, 0.1) is 10.7 Å². The molecule has 2 rings (SSSR count). The molecule has 0 aliphatic rings. The number of hydrogen-bond acceptors (Lipinski definition) is 4. The summed E-state index contributed by atoms with van der Waals surface area (Å²) < 4.78 is 6.00. The van der Waals surface area contributed by atoms with Crippen LogP contribution in [0.3, 0.4) is 0 Å². The molecule has 0 saturated carbocycles. The van der Waals surface area contributed by atoms with Crippen LogP contribution in [0.2, 0.25) is 0 Å². The highest BCUT2D eigenvalue weighted by Gasteiger charge is 2.09. The van der Waals surface area contributed by atoms with Gasteiger partial charge in [-0.3, -0.25) is 0 Å². The number of aromatic nitrogens is 2. The van der Waals surface area contributed by atoms with Crippen LogP contribution in [0.25, 0.3) is 11.6 Å². The highest BCUT2D eigenvalue weighted by molar-refractivity contribution is 9.10. The fourth-order valence-electron chi connectivity index (χ4n) is 0.935. The zero-order valence-corrected chi connectivity index (χ0v) is 8.15. The van der Waals surface area contributed by atoms with Gasteiger partial charge in [0.15, 0.2) is 11.6 Å². The number of nitrogen functional groups attached to an aromatic ring is 1. The lowest BCUT2D eigenvalue weighted by Gasteiger charge is -1.96. The minimum atomic E-state index is 0.424. The molecule has 0 bridgehead atoms. The third-order valence-corrected chi connectivity index (χ3v) is 2.12. The Labute approximate surface area is 82.9 Å². The number of nitrogens with zero attached hydrogens (tertiary/aromatic N) is 2. The summed E-state index contributed by atoms with van der Waals surface area (Å²) in [5.74, 6) is 1.50. The van der Waals surface area contributed by atoms with E-state index < -0.39 is 0 Å². The van der Waals surface area contributed by atoms with Crippen molar-refractivity contribution in [1.29, 1.82) is 0 Å². The van der Waals surface area contributed by atoms with Gasteiger partial charge in [-0.1, -0.05) is 0 Å². The molecule has 0 aliphatic carbocycles. The number of anilines is 1. The van der Waals surface area contributed by atoms with Gasteiger partial charge in [-0.05, 0) is 28.1 Å². The van der Waals surface area contributed by atoms with Gasteiger partial charge in [0.1, 0.15) is 5.82 Å². The first-order valence-electron chi connectivity index (χ1n) is 3.59. The second-order valence-corrected chi connectivity index (χ2v) is 3.26. The maximum atomic E-state index is 5.51. The summed E-state index contributed by atoms with van der Waals surface area (Å²) in [6.45, 7) is 0. The number of hydrogen-bond donors (Lipinski definition) is 1. The lowest BCUT2D eigenvalue weighted by Crippen LogP contribution is -1.93. The molecule has 5 heteroatoms. The maximum absolute atomic E-state index is 5.51. The molecule has 0 aromatic carbocycles. The van der Waals surface area contributed by atoms with Gasteiger partial charge in [-0.2, -0.15) is 0 Å². The smallest absolute Gasteiger partial charge is 0.198 e.